The van der Waals surface area contributed by atoms with Crippen molar-refractivity contribution >= 4 is 63.0 Å². The summed E-state index contributed by atoms with van der Waals surface area (Å²) < 4.78 is 5.51. The first-order valence-corrected chi connectivity index (χ1v) is 15.6. The highest BCUT2D eigenvalue weighted by Crippen LogP contribution is 2.33. The summed E-state index contributed by atoms with van der Waals surface area (Å²) in [5, 5.41) is 5.51. The summed E-state index contributed by atoms with van der Waals surface area (Å²) in [6.45, 7) is 4.24. The molecule has 41 heavy (non-hydrogen) atoms. The van der Waals surface area contributed by atoms with Gasteiger partial charge in [-0.15, -0.1) is 22.7 Å². The lowest BCUT2D eigenvalue weighted by molar-refractivity contribution is 1.18. The molecule has 0 N–H and O–H groups in total. The maximum absolute atomic E-state index is 2.20. The molecule has 0 fully saturated rings. The fourth-order valence-electron chi connectivity index (χ4n) is 5.00. The van der Waals surface area contributed by atoms with Gasteiger partial charge in [-0.2, -0.15) is 0 Å². The number of hydrogen-bond acceptors (Lipinski definition) is 2. The van der Waals surface area contributed by atoms with Gasteiger partial charge in [-0.1, -0.05) is 132 Å². The predicted molar refractivity (Wildman–Crippen MR) is 184 cm³/mol. The highest BCUT2D eigenvalue weighted by atomic mass is 32.1. The molecule has 2 aromatic heterocycles. The quantitative estimate of drug-likeness (QED) is 0.196. The van der Waals surface area contributed by atoms with Crippen molar-refractivity contribution in [2.75, 3.05) is 0 Å². The van der Waals surface area contributed by atoms with Crippen LogP contribution < -0.4 is 0 Å². The zero-order valence-corrected chi connectivity index (χ0v) is 25.0. The Morgan fingerprint density at radius 1 is 0.341 bits per heavy atom. The number of thiophene rings is 2. The van der Waals surface area contributed by atoms with Gasteiger partial charge in [-0.25, -0.2) is 0 Å². The SMILES string of the molecule is Cc1ccc(Cc2ccc(C)cc2)cc1.c1ccc2c(c1)sc1ccccc12.c1ccc2c(c1)sc1ccccc12. The van der Waals surface area contributed by atoms with Gasteiger partial charge in [0.25, 0.3) is 0 Å². The van der Waals surface area contributed by atoms with Crippen molar-refractivity contribution in [1.29, 1.82) is 0 Å². The Kier molecular flexibility index (Phi) is 8.23. The van der Waals surface area contributed by atoms with E-state index in [0.717, 1.165) is 6.42 Å². The minimum Gasteiger partial charge on any atom is -0.135 e. The van der Waals surface area contributed by atoms with E-state index in [1.165, 1.54) is 62.6 Å². The number of benzene rings is 6. The van der Waals surface area contributed by atoms with Gasteiger partial charge < -0.3 is 0 Å². The molecule has 8 aromatic rings. The molecule has 0 saturated carbocycles. The summed E-state index contributed by atoms with van der Waals surface area (Å²) in [7, 11) is 0. The lowest BCUT2D eigenvalue weighted by Crippen LogP contribution is -1.88. The van der Waals surface area contributed by atoms with E-state index in [2.05, 4.69) is 159 Å². The minimum absolute atomic E-state index is 1.03. The van der Waals surface area contributed by atoms with Crippen LogP contribution in [0.5, 0.6) is 0 Å². The Morgan fingerprint density at radius 3 is 0.902 bits per heavy atom. The zero-order chi connectivity index (χ0) is 28.0. The summed E-state index contributed by atoms with van der Waals surface area (Å²) in [5.41, 5.74) is 5.40. The number of aryl methyl sites for hydroxylation is 2. The molecule has 0 aliphatic rings. The first-order chi connectivity index (χ1) is 20.1. The number of rotatable bonds is 2. The standard InChI is InChI=1S/C15H16.2C12H8S/c1-12-3-7-14(8-4-12)11-15-9-5-13(2)6-10-15;2*1-3-7-11-9(5-1)10-6-2-4-8-12(10)13-11/h3-10H,11H2,1-2H3;2*1-8H. The Balaban J connectivity index is 0.000000111. The van der Waals surface area contributed by atoms with Crippen LogP contribution in [-0.2, 0) is 6.42 Å². The predicted octanol–water partition coefficient (Wildman–Crippen LogP) is 12.0. The third-order valence-corrected chi connectivity index (χ3v) is 9.52. The van der Waals surface area contributed by atoms with Crippen LogP contribution in [0.3, 0.4) is 0 Å². The molecule has 0 unspecified atom stereocenters. The van der Waals surface area contributed by atoms with Gasteiger partial charge in [0.15, 0.2) is 0 Å². The molecule has 0 atom stereocenters. The molecule has 0 amide bonds. The molecular formula is C39H32S2. The van der Waals surface area contributed by atoms with Gasteiger partial charge >= 0.3 is 0 Å². The van der Waals surface area contributed by atoms with E-state index in [9.17, 15) is 0 Å². The van der Waals surface area contributed by atoms with Gasteiger partial charge in [0.05, 0.1) is 0 Å². The van der Waals surface area contributed by atoms with Crippen LogP contribution in [0.25, 0.3) is 40.3 Å². The Bertz CT molecular complexity index is 1770. The maximum atomic E-state index is 2.20. The van der Waals surface area contributed by atoms with E-state index in [-0.39, 0.29) is 0 Å². The van der Waals surface area contributed by atoms with Crippen LogP contribution in [0.15, 0.2) is 146 Å². The van der Waals surface area contributed by atoms with Crippen molar-refractivity contribution in [3.8, 4) is 0 Å². The molecule has 0 radical (unpaired) electrons. The molecule has 0 spiro atoms. The molecule has 0 bridgehead atoms. The molecule has 0 nitrogen and oxygen atoms in total. The fraction of sp³-hybridized carbons (Fsp3) is 0.0769. The first kappa shape index (κ1) is 27.0. The van der Waals surface area contributed by atoms with Crippen molar-refractivity contribution in [3.05, 3.63) is 168 Å². The molecule has 6 aromatic carbocycles. The molecule has 2 heterocycles. The van der Waals surface area contributed by atoms with Crippen molar-refractivity contribution in [2.24, 2.45) is 0 Å². The minimum atomic E-state index is 1.03. The molecule has 8 rings (SSSR count). The van der Waals surface area contributed by atoms with Crippen molar-refractivity contribution in [1.82, 2.24) is 0 Å². The highest BCUT2D eigenvalue weighted by Gasteiger charge is 2.02. The molecule has 0 saturated heterocycles. The van der Waals surface area contributed by atoms with E-state index in [1.807, 2.05) is 22.7 Å². The van der Waals surface area contributed by atoms with Crippen LogP contribution in [0.4, 0.5) is 0 Å². The highest BCUT2D eigenvalue weighted by molar-refractivity contribution is 7.26. The third kappa shape index (κ3) is 6.41. The molecule has 0 aliphatic carbocycles. The van der Waals surface area contributed by atoms with E-state index in [1.54, 1.807) is 0 Å². The molecule has 0 aliphatic heterocycles. The van der Waals surface area contributed by atoms with E-state index >= 15 is 0 Å². The Morgan fingerprint density at radius 2 is 0.610 bits per heavy atom. The van der Waals surface area contributed by atoms with Gasteiger partial charge in [-0.05, 0) is 55.7 Å². The second-order valence-electron chi connectivity index (χ2n) is 10.3. The summed E-state index contributed by atoms with van der Waals surface area (Å²) in [6.07, 6.45) is 1.03. The molecule has 2 heteroatoms. The smallest absolute Gasteiger partial charge is 0.0355 e. The van der Waals surface area contributed by atoms with Gasteiger partial charge in [0.1, 0.15) is 0 Å². The molecule has 200 valence electrons. The average Bonchev–Trinajstić information content (AvgIpc) is 3.59. The van der Waals surface area contributed by atoms with Crippen molar-refractivity contribution < 1.29 is 0 Å². The van der Waals surface area contributed by atoms with Crippen LogP contribution in [0.1, 0.15) is 22.3 Å². The zero-order valence-electron chi connectivity index (χ0n) is 23.4. The third-order valence-electron chi connectivity index (χ3n) is 7.22. The number of hydrogen-bond donors (Lipinski definition) is 0. The van der Waals surface area contributed by atoms with Crippen LogP contribution in [-0.4, -0.2) is 0 Å². The lowest BCUT2D eigenvalue weighted by Gasteiger charge is -2.03. The lowest BCUT2D eigenvalue weighted by atomic mass is 10.0. The first-order valence-electron chi connectivity index (χ1n) is 14.0. The van der Waals surface area contributed by atoms with Gasteiger partial charge in [-0.3, -0.25) is 0 Å². The van der Waals surface area contributed by atoms with Gasteiger partial charge in [0.2, 0.25) is 0 Å². The second kappa shape index (κ2) is 12.5. The van der Waals surface area contributed by atoms with Crippen LogP contribution in [0, 0.1) is 13.8 Å². The van der Waals surface area contributed by atoms with E-state index in [0.29, 0.717) is 0 Å². The number of fused-ring (bicyclic) bond motifs is 6. The van der Waals surface area contributed by atoms with Crippen LogP contribution >= 0.6 is 22.7 Å². The average molecular weight is 565 g/mol. The summed E-state index contributed by atoms with van der Waals surface area (Å²) in [4.78, 5) is 0. The largest absolute Gasteiger partial charge is 0.135 e. The van der Waals surface area contributed by atoms with Crippen molar-refractivity contribution in [3.63, 3.8) is 0 Å². The molecular weight excluding hydrogens is 533 g/mol. The van der Waals surface area contributed by atoms with Gasteiger partial charge in [0, 0.05) is 40.3 Å². The van der Waals surface area contributed by atoms with Crippen LogP contribution in [0.2, 0.25) is 0 Å². The Labute approximate surface area is 250 Å². The topological polar surface area (TPSA) is 0 Å². The fourth-order valence-corrected chi connectivity index (χ4v) is 7.21. The monoisotopic (exact) mass is 564 g/mol. The van der Waals surface area contributed by atoms with E-state index < -0.39 is 0 Å². The summed E-state index contributed by atoms with van der Waals surface area (Å²) >= 11 is 3.72. The second-order valence-corrected chi connectivity index (χ2v) is 12.5. The maximum Gasteiger partial charge on any atom is 0.0355 e. The summed E-state index contributed by atoms with van der Waals surface area (Å²) in [5.74, 6) is 0. The summed E-state index contributed by atoms with van der Waals surface area (Å²) in [6, 6.07) is 51.7. The van der Waals surface area contributed by atoms with Crippen molar-refractivity contribution in [2.45, 2.75) is 20.3 Å². The van der Waals surface area contributed by atoms with E-state index in [4.69, 9.17) is 0 Å². The Hall–Kier alpha value is -4.24. The normalized spacial score (nSPS) is 10.8.